The van der Waals surface area contributed by atoms with E-state index >= 15 is 0 Å². The Labute approximate surface area is 161 Å². The van der Waals surface area contributed by atoms with Gasteiger partial charge in [0.2, 0.25) is 0 Å². The van der Waals surface area contributed by atoms with Crippen LogP contribution in [0.3, 0.4) is 0 Å². The van der Waals surface area contributed by atoms with E-state index in [1.807, 2.05) is 30.3 Å². The van der Waals surface area contributed by atoms with Crippen LogP contribution in [-0.4, -0.2) is 11.7 Å². The van der Waals surface area contributed by atoms with Crippen molar-refractivity contribution in [3.05, 3.63) is 90.0 Å². The van der Waals surface area contributed by atoms with Crippen LogP contribution in [0.2, 0.25) is 0 Å². The van der Waals surface area contributed by atoms with Crippen molar-refractivity contribution >= 4 is 17.1 Å². The highest BCUT2D eigenvalue weighted by atomic mass is 16.2. The molecule has 0 spiro atoms. The lowest BCUT2D eigenvalue weighted by molar-refractivity contribution is 0.299. The molecule has 0 unspecified atom stereocenters. The summed E-state index contributed by atoms with van der Waals surface area (Å²) < 4.78 is 0. The molecule has 0 aromatic heterocycles. The molecule has 0 aliphatic heterocycles. The second-order valence-corrected chi connectivity index (χ2v) is 6.63. The van der Waals surface area contributed by atoms with Crippen molar-refractivity contribution in [2.75, 3.05) is 17.7 Å². The molecule has 3 aromatic carbocycles. The molecule has 0 bridgehead atoms. The molecule has 0 aliphatic rings. The fourth-order valence-electron chi connectivity index (χ4n) is 3.01. The van der Waals surface area contributed by atoms with Crippen molar-refractivity contribution in [1.82, 2.24) is 0 Å². The van der Waals surface area contributed by atoms with Crippen molar-refractivity contribution in [3.8, 4) is 11.1 Å². The Bertz CT molecular complexity index is 912. The first kappa shape index (κ1) is 18.7. The van der Waals surface area contributed by atoms with Gasteiger partial charge in [-0.05, 0) is 52.8 Å². The zero-order valence-corrected chi connectivity index (χ0v) is 15.7. The van der Waals surface area contributed by atoms with Gasteiger partial charge in [-0.1, -0.05) is 68.1 Å². The third-order valence-corrected chi connectivity index (χ3v) is 4.74. The van der Waals surface area contributed by atoms with E-state index in [1.165, 1.54) is 5.56 Å². The molecule has 27 heavy (non-hydrogen) atoms. The summed E-state index contributed by atoms with van der Waals surface area (Å²) in [6.07, 6.45) is 1.69. The monoisotopic (exact) mass is 358 g/mol. The summed E-state index contributed by atoms with van der Waals surface area (Å²) in [6, 6.07) is 22.6. The SMILES string of the molecule is C=C(Nc1cc(-c2ccc(CCO)cc2)ccc1N)c1ccc(CC)cc1. The Balaban J connectivity index is 1.81. The number of rotatable bonds is 7. The van der Waals surface area contributed by atoms with Crippen molar-refractivity contribution in [2.45, 2.75) is 19.8 Å². The minimum absolute atomic E-state index is 0.163. The molecular formula is C24H26N2O. The Morgan fingerprint density at radius 1 is 0.926 bits per heavy atom. The molecule has 0 aliphatic carbocycles. The number of hydrogen-bond acceptors (Lipinski definition) is 3. The van der Waals surface area contributed by atoms with Gasteiger partial charge in [-0.3, -0.25) is 0 Å². The van der Waals surface area contributed by atoms with Gasteiger partial charge in [0.05, 0.1) is 11.4 Å². The predicted octanol–water partition coefficient (Wildman–Crippen LogP) is 5.12. The molecule has 3 aromatic rings. The van der Waals surface area contributed by atoms with Gasteiger partial charge in [0.15, 0.2) is 0 Å². The van der Waals surface area contributed by atoms with Gasteiger partial charge >= 0.3 is 0 Å². The Morgan fingerprint density at radius 2 is 1.56 bits per heavy atom. The van der Waals surface area contributed by atoms with Crippen molar-refractivity contribution in [2.24, 2.45) is 0 Å². The van der Waals surface area contributed by atoms with E-state index in [0.717, 1.165) is 40.1 Å². The standard InChI is InChI=1S/C24H26N2O/c1-3-18-4-8-20(9-5-18)17(2)26-24-16-22(12-13-23(24)25)21-10-6-19(7-11-21)14-15-27/h4-13,16,26-27H,2-3,14-15,25H2,1H3. The molecule has 0 radical (unpaired) electrons. The van der Waals surface area contributed by atoms with Crippen molar-refractivity contribution in [1.29, 1.82) is 0 Å². The Kier molecular flexibility index (Phi) is 5.94. The van der Waals surface area contributed by atoms with Crippen LogP contribution in [-0.2, 0) is 12.8 Å². The van der Waals surface area contributed by atoms with Crippen LogP contribution in [0, 0.1) is 0 Å². The molecule has 0 atom stereocenters. The molecule has 0 saturated carbocycles. The molecule has 138 valence electrons. The minimum atomic E-state index is 0.163. The maximum absolute atomic E-state index is 9.05. The molecule has 3 rings (SSSR count). The van der Waals surface area contributed by atoms with Gasteiger partial charge in [-0.2, -0.15) is 0 Å². The highest BCUT2D eigenvalue weighted by molar-refractivity contribution is 5.84. The molecule has 3 heteroatoms. The molecule has 0 fully saturated rings. The summed E-state index contributed by atoms with van der Waals surface area (Å²) in [7, 11) is 0. The second kappa shape index (κ2) is 8.56. The zero-order chi connectivity index (χ0) is 19.2. The number of benzene rings is 3. The number of aliphatic hydroxyl groups is 1. The molecule has 4 N–H and O–H groups in total. The minimum Gasteiger partial charge on any atom is -0.397 e. The maximum Gasteiger partial charge on any atom is 0.0624 e. The summed E-state index contributed by atoms with van der Waals surface area (Å²) in [5.41, 5.74) is 14.2. The Hall–Kier alpha value is -3.04. The van der Waals surface area contributed by atoms with Crippen molar-refractivity contribution in [3.63, 3.8) is 0 Å². The summed E-state index contributed by atoms with van der Waals surface area (Å²) >= 11 is 0. The fraction of sp³-hybridized carbons (Fsp3) is 0.167. The van der Waals surface area contributed by atoms with E-state index in [9.17, 15) is 0 Å². The number of aliphatic hydroxyl groups excluding tert-OH is 1. The van der Waals surface area contributed by atoms with Crippen LogP contribution in [0.5, 0.6) is 0 Å². The molecule has 0 saturated heterocycles. The first-order valence-corrected chi connectivity index (χ1v) is 9.25. The van der Waals surface area contributed by atoms with Gasteiger partial charge in [-0.15, -0.1) is 0 Å². The first-order valence-electron chi connectivity index (χ1n) is 9.25. The van der Waals surface area contributed by atoms with Crippen LogP contribution < -0.4 is 11.1 Å². The van der Waals surface area contributed by atoms with E-state index in [0.29, 0.717) is 12.1 Å². The summed E-state index contributed by atoms with van der Waals surface area (Å²) in [5.74, 6) is 0. The fourth-order valence-corrected chi connectivity index (χ4v) is 3.01. The largest absolute Gasteiger partial charge is 0.397 e. The number of nitrogens with one attached hydrogen (secondary N) is 1. The molecule has 0 amide bonds. The average Bonchev–Trinajstić information content (AvgIpc) is 2.70. The van der Waals surface area contributed by atoms with Crippen LogP contribution in [0.15, 0.2) is 73.3 Å². The van der Waals surface area contributed by atoms with Gasteiger partial charge in [-0.25, -0.2) is 0 Å². The van der Waals surface area contributed by atoms with Crippen LogP contribution in [0.25, 0.3) is 16.8 Å². The average molecular weight is 358 g/mol. The summed E-state index contributed by atoms with van der Waals surface area (Å²) in [5, 5.41) is 12.4. The lowest BCUT2D eigenvalue weighted by Crippen LogP contribution is -2.01. The van der Waals surface area contributed by atoms with Crippen LogP contribution >= 0.6 is 0 Å². The third-order valence-electron chi connectivity index (χ3n) is 4.74. The summed E-state index contributed by atoms with van der Waals surface area (Å²) in [6.45, 7) is 6.47. The van der Waals surface area contributed by atoms with E-state index in [1.54, 1.807) is 0 Å². The predicted molar refractivity (Wildman–Crippen MR) is 116 cm³/mol. The number of nitrogens with two attached hydrogens (primary N) is 1. The van der Waals surface area contributed by atoms with Gasteiger partial charge in [0.1, 0.15) is 0 Å². The van der Waals surface area contributed by atoms with E-state index in [2.05, 4.69) is 55.2 Å². The van der Waals surface area contributed by atoms with E-state index in [-0.39, 0.29) is 6.61 Å². The topological polar surface area (TPSA) is 58.3 Å². The summed E-state index contributed by atoms with van der Waals surface area (Å²) in [4.78, 5) is 0. The molecule has 0 heterocycles. The lowest BCUT2D eigenvalue weighted by Gasteiger charge is -2.14. The number of anilines is 2. The van der Waals surface area contributed by atoms with Crippen molar-refractivity contribution < 1.29 is 5.11 Å². The normalized spacial score (nSPS) is 10.6. The third kappa shape index (κ3) is 4.57. The molecule has 3 nitrogen and oxygen atoms in total. The van der Waals surface area contributed by atoms with Gasteiger partial charge in [0.25, 0.3) is 0 Å². The molecular weight excluding hydrogens is 332 g/mol. The van der Waals surface area contributed by atoms with Crippen LogP contribution in [0.4, 0.5) is 11.4 Å². The van der Waals surface area contributed by atoms with Gasteiger partial charge < -0.3 is 16.2 Å². The maximum atomic E-state index is 9.05. The smallest absolute Gasteiger partial charge is 0.0624 e. The number of nitrogen functional groups attached to an aromatic ring is 1. The number of aryl methyl sites for hydroxylation is 1. The zero-order valence-electron chi connectivity index (χ0n) is 15.7. The van der Waals surface area contributed by atoms with E-state index in [4.69, 9.17) is 10.8 Å². The highest BCUT2D eigenvalue weighted by Gasteiger charge is 2.06. The van der Waals surface area contributed by atoms with Gasteiger partial charge in [0, 0.05) is 12.3 Å². The van der Waals surface area contributed by atoms with E-state index < -0.39 is 0 Å². The van der Waals surface area contributed by atoms with Crippen LogP contribution in [0.1, 0.15) is 23.6 Å². The second-order valence-electron chi connectivity index (χ2n) is 6.63. The quantitative estimate of drug-likeness (QED) is 0.514. The number of hydrogen-bond donors (Lipinski definition) is 3. The lowest BCUT2D eigenvalue weighted by atomic mass is 10.0. The Morgan fingerprint density at radius 3 is 2.19 bits per heavy atom. The first-order chi connectivity index (χ1) is 13.1. The highest BCUT2D eigenvalue weighted by Crippen LogP contribution is 2.29.